The molecule has 0 heterocycles. The van der Waals surface area contributed by atoms with Gasteiger partial charge in [-0.3, -0.25) is 4.79 Å². The molecule has 0 radical (unpaired) electrons. The Hall–Kier alpha value is -0.610. The normalized spacial score (nSPS) is 13.2. The van der Waals surface area contributed by atoms with Gasteiger partial charge in [0.25, 0.3) is 0 Å². The molecule has 0 aliphatic carbocycles. The van der Waals surface area contributed by atoms with Gasteiger partial charge in [0, 0.05) is 13.2 Å². The van der Waals surface area contributed by atoms with E-state index in [0.717, 1.165) is 0 Å². The lowest BCUT2D eigenvalue weighted by Gasteiger charge is -2.11. The zero-order valence-corrected chi connectivity index (χ0v) is 8.54. The van der Waals surface area contributed by atoms with Crippen molar-refractivity contribution in [1.82, 2.24) is 5.32 Å². The van der Waals surface area contributed by atoms with E-state index in [1.54, 1.807) is 7.05 Å². The monoisotopic (exact) mass is 189 g/mol. The molecule has 0 aliphatic rings. The van der Waals surface area contributed by atoms with Crippen LogP contribution in [0.1, 0.15) is 20.3 Å². The van der Waals surface area contributed by atoms with Crippen molar-refractivity contribution >= 4 is 5.97 Å². The molecular formula is C9H19NO3. The third-order valence-electron chi connectivity index (χ3n) is 1.65. The second-order valence-electron chi connectivity index (χ2n) is 3.44. The number of carboxylic acid groups (broad SMARTS) is 1. The van der Waals surface area contributed by atoms with Gasteiger partial charge in [0.05, 0.1) is 0 Å². The van der Waals surface area contributed by atoms with Crippen molar-refractivity contribution < 1.29 is 14.6 Å². The van der Waals surface area contributed by atoms with E-state index in [-0.39, 0.29) is 0 Å². The number of carboxylic acids is 1. The Balaban J connectivity index is 3.44. The van der Waals surface area contributed by atoms with Crippen LogP contribution in [-0.4, -0.2) is 37.4 Å². The summed E-state index contributed by atoms with van der Waals surface area (Å²) in [5, 5.41) is 11.4. The Bertz CT molecular complexity index is 148. The van der Waals surface area contributed by atoms with Crippen molar-refractivity contribution in [3.05, 3.63) is 0 Å². The number of carbonyl (C=O) groups is 1. The minimum Gasteiger partial charge on any atom is -0.480 e. The third kappa shape index (κ3) is 6.54. The van der Waals surface area contributed by atoms with Crippen LogP contribution in [0.2, 0.25) is 0 Å². The predicted octanol–water partition coefficient (Wildman–Crippen LogP) is 0.722. The number of rotatable bonds is 7. The predicted molar refractivity (Wildman–Crippen MR) is 50.8 cm³/mol. The van der Waals surface area contributed by atoms with Gasteiger partial charge in [0.1, 0.15) is 6.04 Å². The molecule has 0 rings (SSSR count). The Labute approximate surface area is 79.3 Å². The first kappa shape index (κ1) is 12.4. The minimum atomic E-state index is -0.823. The number of ether oxygens (including phenoxy) is 1. The Morgan fingerprint density at radius 1 is 1.54 bits per heavy atom. The molecule has 4 nitrogen and oxygen atoms in total. The van der Waals surface area contributed by atoms with Crippen LogP contribution < -0.4 is 5.32 Å². The van der Waals surface area contributed by atoms with Crippen LogP contribution in [0.25, 0.3) is 0 Å². The molecule has 13 heavy (non-hydrogen) atoms. The van der Waals surface area contributed by atoms with Crippen LogP contribution in [0.15, 0.2) is 0 Å². The molecule has 0 bridgehead atoms. The second-order valence-corrected chi connectivity index (χ2v) is 3.44. The van der Waals surface area contributed by atoms with E-state index in [1.165, 1.54) is 0 Å². The highest BCUT2D eigenvalue weighted by atomic mass is 16.5. The van der Waals surface area contributed by atoms with Crippen molar-refractivity contribution in [2.45, 2.75) is 26.3 Å². The zero-order valence-electron chi connectivity index (χ0n) is 8.54. The van der Waals surface area contributed by atoms with Crippen molar-refractivity contribution in [2.24, 2.45) is 5.92 Å². The molecule has 0 spiro atoms. The van der Waals surface area contributed by atoms with E-state index in [9.17, 15) is 4.79 Å². The molecule has 0 amide bonds. The van der Waals surface area contributed by atoms with E-state index in [2.05, 4.69) is 19.2 Å². The van der Waals surface area contributed by atoms with Gasteiger partial charge < -0.3 is 15.2 Å². The molecule has 0 unspecified atom stereocenters. The molecule has 0 fully saturated rings. The average Bonchev–Trinajstić information content (AvgIpc) is 2.03. The quantitative estimate of drug-likeness (QED) is 0.579. The van der Waals surface area contributed by atoms with Crippen molar-refractivity contribution in [1.29, 1.82) is 0 Å². The topological polar surface area (TPSA) is 58.6 Å². The summed E-state index contributed by atoms with van der Waals surface area (Å²) in [6, 6.07) is -0.493. The summed E-state index contributed by atoms with van der Waals surface area (Å²) < 4.78 is 5.27. The molecule has 0 aromatic heterocycles. The van der Waals surface area contributed by atoms with Gasteiger partial charge in [0.2, 0.25) is 0 Å². The summed E-state index contributed by atoms with van der Waals surface area (Å²) in [6.07, 6.45) is 0.512. The van der Waals surface area contributed by atoms with Crippen molar-refractivity contribution in [2.75, 3.05) is 20.3 Å². The molecule has 1 atom stereocenters. The fraction of sp³-hybridized carbons (Fsp3) is 0.889. The summed E-state index contributed by atoms with van der Waals surface area (Å²) in [5.74, 6) is -0.325. The van der Waals surface area contributed by atoms with Gasteiger partial charge in [-0.2, -0.15) is 0 Å². The van der Waals surface area contributed by atoms with E-state index in [4.69, 9.17) is 9.84 Å². The Kier molecular flexibility index (Phi) is 6.54. The number of hydrogen-bond donors (Lipinski definition) is 2. The highest BCUT2D eigenvalue weighted by Crippen LogP contribution is 1.96. The maximum atomic E-state index is 10.5. The van der Waals surface area contributed by atoms with E-state index in [0.29, 0.717) is 25.6 Å². The van der Waals surface area contributed by atoms with Crippen LogP contribution in [0, 0.1) is 5.92 Å². The lowest BCUT2D eigenvalue weighted by atomic mass is 10.2. The van der Waals surface area contributed by atoms with Gasteiger partial charge in [-0.25, -0.2) is 0 Å². The van der Waals surface area contributed by atoms with Crippen LogP contribution in [0.5, 0.6) is 0 Å². The number of likely N-dealkylation sites (N-methyl/N-ethyl adjacent to an activating group) is 1. The molecular weight excluding hydrogens is 170 g/mol. The fourth-order valence-electron chi connectivity index (χ4n) is 0.912. The van der Waals surface area contributed by atoms with Crippen LogP contribution >= 0.6 is 0 Å². The van der Waals surface area contributed by atoms with Gasteiger partial charge >= 0.3 is 5.97 Å². The van der Waals surface area contributed by atoms with Gasteiger partial charge in [-0.05, 0) is 19.4 Å². The Morgan fingerprint density at radius 3 is 2.54 bits per heavy atom. The molecule has 2 N–H and O–H groups in total. The maximum absolute atomic E-state index is 10.5. The standard InChI is InChI=1S/C9H19NO3/c1-7(2)6-13-5-4-8(10-3)9(11)12/h7-8,10H,4-6H2,1-3H3,(H,11,12)/t8-/m1/s1. The maximum Gasteiger partial charge on any atom is 0.320 e. The molecule has 4 heteroatoms. The fourth-order valence-corrected chi connectivity index (χ4v) is 0.912. The molecule has 0 aliphatic heterocycles. The number of nitrogens with one attached hydrogen (secondary N) is 1. The van der Waals surface area contributed by atoms with Gasteiger partial charge in [-0.1, -0.05) is 13.8 Å². The first-order chi connectivity index (χ1) is 6.07. The summed E-state index contributed by atoms with van der Waals surface area (Å²) >= 11 is 0. The van der Waals surface area contributed by atoms with Gasteiger partial charge in [-0.15, -0.1) is 0 Å². The molecule has 0 aromatic carbocycles. The SMILES string of the molecule is CN[C@H](CCOCC(C)C)C(=O)O. The second kappa shape index (κ2) is 6.86. The number of aliphatic carboxylic acids is 1. The average molecular weight is 189 g/mol. The minimum absolute atomic E-state index is 0.493. The number of hydrogen-bond acceptors (Lipinski definition) is 3. The van der Waals surface area contributed by atoms with Gasteiger partial charge in [0.15, 0.2) is 0 Å². The zero-order chi connectivity index (χ0) is 10.3. The van der Waals surface area contributed by atoms with E-state index in [1.807, 2.05) is 0 Å². The first-order valence-corrected chi connectivity index (χ1v) is 4.55. The van der Waals surface area contributed by atoms with E-state index < -0.39 is 12.0 Å². The van der Waals surface area contributed by atoms with Crippen LogP contribution in [0.4, 0.5) is 0 Å². The van der Waals surface area contributed by atoms with Crippen LogP contribution in [-0.2, 0) is 9.53 Å². The lowest BCUT2D eigenvalue weighted by molar-refractivity contribution is -0.139. The highest BCUT2D eigenvalue weighted by molar-refractivity contribution is 5.73. The van der Waals surface area contributed by atoms with Crippen LogP contribution in [0.3, 0.4) is 0 Å². The Morgan fingerprint density at radius 2 is 2.15 bits per heavy atom. The lowest BCUT2D eigenvalue weighted by Crippen LogP contribution is -2.34. The third-order valence-corrected chi connectivity index (χ3v) is 1.65. The van der Waals surface area contributed by atoms with Crippen molar-refractivity contribution in [3.8, 4) is 0 Å². The summed E-state index contributed by atoms with van der Waals surface area (Å²) in [4.78, 5) is 10.5. The highest BCUT2D eigenvalue weighted by Gasteiger charge is 2.13. The largest absolute Gasteiger partial charge is 0.480 e. The molecule has 0 aromatic rings. The smallest absolute Gasteiger partial charge is 0.320 e. The molecule has 0 saturated heterocycles. The summed E-state index contributed by atoms with van der Waals surface area (Å²) in [5.41, 5.74) is 0. The van der Waals surface area contributed by atoms with Crippen molar-refractivity contribution in [3.63, 3.8) is 0 Å². The summed E-state index contributed by atoms with van der Waals surface area (Å²) in [7, 11) is 1.64. The summed E-state index contributed by atoms with van der Waals surface area (Å²) in [6.45, 7) is 5.31. The molecule has 0 saturated carbocycles. The first-order valence-electron chi connectivity index (χ1n) is 4.55. The van der Waals surface area contributed by atoms with E-state index >= 15 is 0 Å². The molecule has 78 valence electrons.